The minimum atomic E-state index is -0.790. The molecule has 0 bridgehead atoms. The van der Waals surface area contributed by atoms with E-state index < -0.39 is 17.5 Å². The molecule has 0 aliphatic carbocycles. The second-order valence-electron chi connectivity index (χ2n) is 6.66. The van der Waals surface area contributed by atoms with Gasteiger partial charge in [-0.2, -0.15) is 0 Å². The van der Waals surface area contributed by atoms with Crippen molar-refractivity contribution in [1.82, 2.24) is 9.97 Å². The van der Waals surface area contributed by atoms with Crippen molar-refractivity contribution in [3.8, 4) is 0 Å². The number of primary amides is 1. The Kier molecular flexibility index (Phi) is 5.98. The Balaban J connectivity index is 1.77. The van der Waals surface area contributed by atoms with Gasteiger partial charge in [0.15, 0.2) is 5.15 Å². The molecule has 2 N–H and O–H groups in total. The summed E-state index contributed by atoms with van der Waals surface area (Å²) in [5.74, 6) is 0.0671. The fourth-order valence-corrected chi connectivity index (χ4v) is 3.63. The molecule has 3 rings (SSSR count). The lowest BCUT2D eigenvalue weighted by atomic mass is 9.93. The number of rotatable bonds is 4. The van der Waals surface area contributed by atoms with Gasteiger partial charge < -0.3 is 15.4 Å². The molecular formula is C18H17Cl3N4O3. The standard InChI is InChI=1S/C18H17Cl3N4O3/c1-18(28-17(22)27)5-7-25(8-6-18)12-9-23-14(16(21)24-12)15(26)10-3-2-4-11(19)13(10)20/h2-4,9H,5-8H2,1H3,(H2,22,27). The van der Waals surface area contributed by atoms with Crippen LogP contribution in [0.3, 0.4) is 0 Å². The molecule has 1 aliphatic heterocycles. The number of hydrogen-bond donors (Lipinski definition) is 1. The van der Waals surface area contributed by atoms with E-state index in [1.807, 2.05) is 11.8 Å². The van der Waals surface area contributed by atoms with Crippen molar-refractivity contribution >= 4 is 52.5 Å². The van der Waals surface area contributed by atoms with Crippen LogP contribution in [-0.2, 0) is 4.74 Å². The molecule has 2 heterocycles. The van der Waals surface area contributed by atoms with Crippen molar-refractivity contribution in [2.45, 2.75) is 25.4 Å². The molecule has 1 fully saturated rings. The van der Waals surface area contributed by atoms with Crippen molar-refractivity contribution in [3.63, 3.8) is 0 Å². The first-order valence-corrected chi connectivity index (χ1v) is 9.58. The van der Waals surface area contributed by atoms with Gasteiger partial charge in [0.25, 0.3) is 0 Å². The summed E-state index contributed by atoms with van der Waals surface area (Å²) >= 11 is 18.3. The van der Waals surface area contributed by atoms with Crippen LogP contribution in [0.1, 0.15) is 35.8 Å². The Bertz CT molecular complexity index is 930. The van der Waals surface area contributed by atoms with Crippen LogP contribution in [0, 0.1) is 0 Å². The van der Waals surface area contributed by atoms with Crippen LogP contribution >= 0.6 is 34.8 Å². The minimum Gasteiger partial charge on any atom is -0.443 e. The van der Waals surface area contributed by atoms with E-state index in [-0.39, 0.29) is 26.5 Å². The number of ether oxygens (including phenoxy) is 1. The van der Waals surface area contributed by atoms with Gasteiger partial charge in [-0.05, 0) is 19.1 Å². The summed E-state index contributed by atoms with van der Waals surface area (Å²) in [6.07, 6.45) is 1.85. The summed E-state index contributed by atoms with van der Waals surface area (Å²) in [6.45, 7) is 2.98. The summed E-state index contributed by atoms with van der Waals surface area (Å²) in [4.78, 5) is 34.2. The predicted octanol–water partition coefficient (Wildman–Crippen LogP) is 4.12. The maximum absolute atomic E-state index is 12.7. The van der Waals surface area contributed by atoms with Gasteiger partial charge in [0.2, 0.25) is 5.78 Å². The lowest BCUT2D eigenvalue weighted by molar-refractivity contribution is 0.0126. The topological polar surface area (TPSA) is 98.4 Å². The molecular weight excluding hydrogens is 427 g/mol. The Morgan fingerprint density at radius 1 is 1.21 bits per heavy atom. The van der Waals surface area contributed by atoms with Crippen LogP contribution < -0.4 is 10.6 Å². The Labute approximate surface area is 176 Å². The third-order valence-electron chi connectivity index (χ3n) is 4.62. The van der Waals surface area contributed by atoms with Gasteiger partial charge in [0.1, 0.15) is 17.1 Å². The molecule has 1 saturated heterocycles. The molecule has 1 aromatic carbocycles. The van der Waals surface area contributed by atoms with E-state index in [0.717, 1.165) is 0 Å². The van der Waals surface area contributed by atoms with E-state index in [1.54, 1.807) is 18.2 Å². The summed E-state index contributed by atoms with van der Waals surface area (Å²) in [6, 6.07) is 4.76. The van der Waals surface area contributed by atoms with Gasteiger partial charge in [0, 0.05) is 31.5 Å². The van der Waals surface area contributed by atoms with E-state index in [0.29, 0.717) is 31.7 Å². The van der Waals surface area contributed by atoms with Crippen LogP contribution in [0.15, 0.2) is 24.4 Å². The first-order chi connectivity index (χ1) is 13.2. The van der Waals surface area contributed by atoms with E-state index in [4.69, 9.17) is 45.3 Å². The van der Waals surface area contributed by atoms with Crippen LogP contribution in [-0.4, -0.2) is 40.5 Å². The van der Waals surface area contributed by atoms with Crippen molar-refractivity contribution in [1.29, 1.82) is 0 Å². The number of piperidine rings is 1. The number of amides is 1. The van der Waals surface area contributed by atoms with Gasteiger partial charge >= 0.3 is 6.09 Å². The molecule has 0 spiro atoms. The van der Waals surface area contributed by atoms with Crippen molar-refractivity contribution in [2.75, 3.05) is 18.0 Å². The molecule has 28 heavy (non-hydrogen) atoms. The van der Waals surface area contributed by atoms with Gasteiger partial charge in [-0.3, -0.25) is 4.79 Å². The molecule has 10 heteroatoms. The third-order valence-corrected chi connectivity index (χ3v) is 5.70. The number of benzene rings is 1. The number of nitrogens with zero attached hydrogens (tertiary/aromatic N) is 3. The number of nitrogens with two attached hydrogens (primary N) is 1. The highest BCUT2D eigenvalue weighted by Gasteiger charge is 2.34. The monoisotopic (exact) mass is 442 g/mol. The van der Waals surface area contributed by atoms with Gasteiger partial charge in [-0.15, -0.1) is 0 Å². The van der Waals surface area contributed by atoms with Crippen LogP contribution in [0.4, 0.5) is 10.6 Å². The summed E-state index contributed by atoms with van der Waals surface area (Å²) in [5.41, 5.74) is 4.71. The van der Waals surface area contributed by atoms with E-state index in [1.165, 1.54) is 6.20 Å². The zero-order valence-electron chi connectivity index (χ0n) is 14.9. The molecule has 0 saturated carbocycles. The lowest BCUT2D eigenvalue weighted by Gasteiger charge is -2.38. The number of aromatic nitrogens is 2. The van der Waals surface area contributed by atoms with Gasteiger partial charge in [-0.1, -0.05) is 40.9 Å². The summed E-state index contributed by atoms with van der Waals surface area (Å²) < 4.78 is 5.19. The smallest absolute Gasteiger partial charge is 0.405 e. The quantitative estimate of drug-likeness (QED) is 0.714. The zero-order valence-corrected chi connectivity index (χ0v) is 17.2. The largest absolute Gasteiger partial charge is 0.443 e. The highest BCUT2D eigenvalue weighted by Crippen LogP contribution is 2.31. The normalized spacial score (nSPS) is 15.9. The third kappa shape index (κ3) is 4.32. The Hall–Kier alpha value is -2.09. The maximum Gasteiger partial charge on any atom is 0.405 e. The summed E-state index contributed by atoms with van der Waals surface area (Å²) in [7, 11) is 0. The molecule has 0 unspecified atom stereocenters. The molecule has 1 aromatic heterocycles. The minimum absolute atomic E-state index is 0.00603. The van der Waals surface area contributed by atoms with Gasteiger partial charge in [0.05, 0.1) is 16.2 Å². The average molecular weight is 444 g/mol. The second-order valence-corrected chi connectivity index (χ2v) is 7.80. The zero-order chi connectivity index (χ0) is 20.5. The number of hydrogen-bond acceptors (Lipinski definition) is 6. The molecule has 0 atom stereocenters. The van der Waals surface area contributed by atoms with Crippen LogP contribution in [0.2, 0.25) is 15.2 Å². The highest BCUT2D eigenvalue weighted by atomic mass is 35.5. The van der Waals surface area contributed by atoms with E-state index >= 15 is 0 Å². The lowest BCUT2D eigenvalue weighted by Crippen LogP contribution is -2.46. The number of ketones is 1. The van der Waals surface area contributed by atoms with Crippen molar-refractivity contribution in [2.24, 2.45) is 5.73 Å². The molecule has 148 valence electrons. The first kappa shape index (κ1) is 20.6. The SMILES string of the molecule is CC1(OC(N)=O)CCN(c2cnc(C(=O)c3cccc(Cl)c3Cl)c(Cl)n2)CC1. The Morgan fingerprint density at radius 2 is 1.89 bits per heavy atom. The fraction of sp³-hybridized carbons (Fsp3) is 0.333. The van der Waals surface area contributed by atoms with Gasteiger partial charge in [-0.25, -0.2) is 14.8 Å². The molecule has 2 aromatic rings. The highest BCUT2D eigenvalue weighted by molar-refractivity contribution is 6.44. The average Bonchev–Trinajstić information content (AvgIpc) is 2.63. The fourth-order valence-electron chi connectivity index (χ4n) is 3.02. The van der Waals surface area contributed by atoms with Crippen LogP contribution in [0.5, 0.6) is 0 Å². The van der Waals surface area contributed by atoms with Crippen molar-refractivity contribution < 1.29 is 14.3 Å². The van der Waals surface area contributed by atoms with E-state index in [9.17, 15) is 9.59 Å². The maximum atomic E-state index is 12.7. The van der Waals surface area contributed by atoms with Crippen LogP contribution in [0.25, 0.3) is 0 Å². The van der Waals surface area contributed by atoms with E-state index in [2.05, 4.69) is 9.97 Å². The molecule has 0 radical (unpaired) electrons. The van der Waals surface area contributed by atoms with Crippen molar-refractivity contribution in [3.05, 3.63) is 50.9 Å². The Morgan fingerprint density at radius 3 is 2.50 bits per heavy atom. The molecule has 1 aliphatic rings. The number of halogens is 3. The second kappa shape index (κ2) is 8.11. The predicted molar refractivity (Wildman–Crippen MR) is 107 cm³/mol. The first-order valence-electron chi connectivity index (χ1n) is 8.45. The number of carbonyl (C=O) groups is 2. The number of carbonyl (C=O) groups excluding carboxylic acids is 2. The number of anilines is 1. The summed E-state index contributed by atoms with van der Waals surface area (Å²) in [5, 5.41) is 0.379. The molecule has 7 nitrogen and oxygen atoms in total. The molecule has 1 amide bonds.